The Morgan fingerprint density at radius 2 is 1.58 bits per heavy atom. The monoisotopic (exact) mass is 507 g/mol. The minimum atomic E-state index is -1.45. The Morgan fingerprint density at radius 1 is 0.944 bits per heavy atom. The fourth-order valence-corrected chi connectivity index (χ4v) is 5.52. The molecular formula is C28H33N3O4S. The molecule has 3 aromatic carbocycles. The molecule has 1 unspecified atom stereocenters. The summed E-state index contributed by atoms with van der Waals surface area (Å²) in [5.41, 5.74) is 1.66. The summed E-state index contributed by atoms with van der Waals surface area (Å²) in [7, 11) is -1.45. The molecule has 190 valence electrons. The van der Waals surface area contributed by atoms with Crippen LogP contribution in [-0.4, -0.2) is 45.8 Å². The van der Waals surface area contributed by atoms with Gasteiger partial charge in [0.05, 0.1) is 4.90 Å². The quantitative estimate of drug-likeness (QED) is 0.483. The number of nitrogens with one attached hydrogen (secondary N) is 2. The molecule has 1 heterocycles. The second-order valence-electron chi connectivity index (χ2n) is 10.1. The molecule has 0 saturated carbocycles. The number of carbonyl (C=O) groups is 2. The number of anilines is 1. The predicted octanol–water partition coefficient (Wildman–Crippen LogP) is 5.41. The Labute approximate surface area is 214 Å². The van der Waals surface area contributed by atoms with Crippen molar-refractivity contribution >= 4 is 39.4 Å². The molecule has 8 heteroatoms. The van der Waals surface area contributed by atoms with Gasteiger partial charge in [0, 0.05) is 41.2 Å². The Balaban J connectivity index is 1.45. The lowest BCUT2D eigenvalue weighted by Crippen LogP contribution is -2.46. The van der Waals surface area contributed by atoms with Crippen molar-refractivity contribution in [3.05, 3.63) is 71.8 Å². The van der Waals surface area contributed by atoms with Gasteiger partial charge in [-0.25, -0.2) is 13.7 Å². The second-order valence-corrected chi connectivity index (χ2v) is 11.3. The number of hydrogen-bond acceptors (Lipinski definition) is 4. The van der Waals surface area contributed by atoms with E-state index < -0.39 is 16.6 Å². The summed E-state index contributed by atoms with van der Waals surface area (Å²) < 4.78 is 22.0. The van der Waals surface area contributed by atoms with Crippen molar-refractivity contribution in [1.82, 2.24) is 9.62 Å². The maximum Gasteiger partial charge on any atom is 0.410 e. The van der Waals surface area contributed by atoms with E-state index in [0.717, 1.165) is 16.3 Å². The van der Waals surface area contributed by atoms with Crippen molar-refractivity contribution in [3.63, 3.8) is 0 Å². The molecule has 1 fully saturated rings. The van der Waals surface area contributed by atoms with Crippen LogP contribution < -0.4 is 10.0 Å². The lowest BCUT2D eigenvalue weighted by Gasteiger charge is -2.33. The number of fused-ring (bicyclic) bond motifs is 1. The van der Waals surface area contributed by atoms with Gasteiger partial charge in [0.25, 0.3) is 5.91 Å². The number of hydrogen-bond donors (Lipinski definition) is 2. The summed E-state index contributed by atoms with van der Waals surface area (Å²) >= 11 is 0. The van der Waals surface area contributed by atoms with Crippen LogP contribution in [0.3, 0.4) is 0 Å². The van der Waals surface area contributed by atoms with Crippen LogP contribution in [0.2, 0.25) is 0 Å². The highest BCUT2D eigenvalue weighted by molar-refractivity contribution is 7.83. The molecule has 0 radical (unpaired) electrons. The van der Waals surface area contributed by atoms with E-state index in [9.17, 15) is 13.8 Å². The molecule has 36 heavy (non-hydrogen) atoms. The first-order valence-corrected chi connectivity index (χ1v) is 13.3. The van der Waals surface area contributed by atoms with Crippen LogP contribution in [0.5, 0.6) is 0 Å². The predicted molar refractivity (Wildman–Crippen MR) is 143 cm³/mol. The zero-order valence-corrected chi connectivity index (χ0v) is 22.0. The number of likely N-dealkylation sites (tertiary alicyclic amines) is 1. The number of nitrogens with zero attached hydrogens (tertiary/aromatic N) is 1. The minimum absolute atomic E-state index is 0.0173. The Hall–Kier alpha value is -3.23. The second kappa shape index (κ2) is 10.8. The average molecular weight is 508 g/mol. The molecule has 4 rings (SSSR count). The van der Waals surface area contributed by atoms with Gasteiger partial charge in [0.15, 0.2) is 0 Å². The molecule has 1 aliphatic rings. The number of aryl methyl sites for hydroxylation is 1. The van der Waals surface area contributed by atoms with E-state index in [2.05, 4.69) is 10.0 Å². The SMILES string of the molecule is Cc1ccccc1C(=O)Nc1ccc(S(=O)NC2CCN(C(=O)OC(C)(C)C)CC2)c2ccccc12. The van der Waals surface area contributed by atoms with Gasteiger partial charge in [0.2, 0.25) is 0 Å². The molecule has 2 N–H and O–H groups in total. The largest absolute Gasteiger partial charge is 0.444 e. The molecule has 2 amide bonds. The zero-order valence-electron chi connectivity index (χ0n) is 21.2. The number of carbonyl (C=O) groups excluding carboxylic acids is 2. The first kappa shape index (κ1) is 25.9. The number of ether oxygens (including phenoxy) is 1. The van der Waals surface area contributed by atoms with Crippen molar-refractivity contribution in [2.75, 3.05) is 18.4 Å². The third kappa shape index (κ3) is 6.12. The van der Waals surface area contributed by atoms with Gasteiger partial charge in [-0.2, -0.15) is 0 Å². The average Bonchev–Trinajstić information content (AvgIpc) is 2.83. The van der Waals surface area contributed by atoms with E-state index in [1.807, 2.05) is 70.2 Å². The summed E-state index contributed by atoms with van der Waals surface area (Å²) in [6.45, 7) is 8.57. The third-order valence-electron chi connectivity index (χ3n) is 6.14. The van der Waals surface area contributed by atoms with E-state index in [1.165, 1.54) is 0 Å². The Bertz CT molecular complexity index is 1290. The zero-order chi connectivity index (χ0) is 25.9. The molecule has 1 saturated heterocycles. The smallest absolute Gasteiger partial charge is 0.410 e. The number of benzene rings is 3. The fourth-order valence-electron chi connectivity index (χ4n) is 4.28. The van der Waals surface area contributed by atoms with Crippen LogP contribution in [0, 0.1) is 6.92 Å². The third-order valence-corrected chi connectivity index (χ3v) is 7.44. The maximum atomic E-state index is 13.3. The Morgan fingerprint density at radius 3 is 2.25 bits per heavy atom. The van der Waals surface area contributed by atoms with E-state index >= 15 is 0 Å². The summed E-state index contributed by atoms with van der Waals surface area (Å²) in [6, 6.07) is 18.7. The molecule has 0 bridgehead atoms. The number of piperidine rings is 1. The normalized spacial score (nSPS) is 15.5. The highest BCUT2D eigenvalue weighted by Crippen LogP contribution is 2.29. The van der Waals surface area contributed by atoms with Gasteiger partial charge >= 0.3 is 6.09 Å². The molecule has 7 nitrogen and oxygen atoms in total. The van der Waals surface area contributed by atoms with Crippen LogP contribution >= 0.6 is 0 Å². The van der Waals surface area contributed by atoms with Gasteiger partial charge in [-0.1, -0.05) is 42.5 Å². The van der Waals surface area contributed by atoms with E-state index in [1.54, 1.807) is 23.1 Å². The minimum Gasteiger partial charge on any atom is -0.444 e. The molecule has 1 atom stereocenters. The lowest BCUT2D eigenvalue weighted by atomic mass is 10.1. The summed E-state index contributed by atoms with van der Waals surface area (Å²) in [5, 5.41) is 4.66. The van der Waals surface area contributed by atoms with E-state index in [0.29, 0.717) is 42.1 Å². The van der Waals surface area contributed by atoms with Crippen molar-refractivity contribution in [2.24, 2.45) is 0 Å². The Kier molecular flexibility index (Phi) is 7.76. The first-order valence-electron chi connectivity index (χ1n) is 12.2. The molecule has 0 spiro atoms. The van der Waals surface area contributed by atoms with E-state index in [-0.39, 0.29) is 18.0 Å². The van der Waals surface area contributed by atoms with Crippen molar-refractivity contribution in [1.29, 1.82) is 0 Å². The highest BCUT2D eigenvalue weighted by atomic mass is 32.2. The van der Waals surface area contributed by atoms with Gasteiger partial charge in [-0.05, 0) is 64.3 Å². The van der Waals surface area contributed by atoms with Gasteiger partial charge in [-0.15, -0.1) is 0 Å². The standard InChI is InChI=1S/C28H33N3O4S/c1-19-9-5-6-10-21(19)26(32)29-24-13-14-25(23-12-8-7-11-22(23)24)36(34)30-20-15-17-31(18-16-20)27(33)35-28(2,3)4/h5-14,20,30H,15-18H2,1-4H3,(H,29,32). The lowest BCUT2D eigenvalue weighted by molar-refractivity contribution is 0.0204. The highest BCUT2D eigenvalue weighted by Gasteiger charge is 2.28. The molecule has 1 aliphatic heterocycles. The van der Waals surface area contributed by atoms with Crippen LogP contribution in [-0.2, 0) is 15.7 Å². The summed E-state index contributed by atoms with van der Waals surface area (Å²) in [5.74, 6) is -0.179. The van der Waals surface area contributed by atoms with Gasteiger partial charge in [0.1, 0.15) is 16.6 Å². The molecule has 3 aromatic rings. The van der Waals surface area contributed by atoms with Crippen molar-refractivity contribution in [3.8, 4) is 0 Å². The van der Waals surface area contributed by atoms with Crippen LogP contribution in [0.15, 0.2) is 65.6 Å². The van der Waals surface area contributed by atoms with E-state index in [4.69, 9.17) is 4.74 Å². The topological polar surface area (TPSA) is 87.7 Å². The molecular weight excluding hydrogens is 474 g/mol. The van der Waals surface area contributed by atoms with Crippen LogP contribution in [0.25, 0.3) is 10.8 Å². The van der Waals surface area contributed by atoms with Crippen LogP contribution in [0.1, 0.15) is 49.5 Å². The summed E-state index contributed by atoms with van der Waals surface area (Å²) in [6.07, 6.45) is 1.07. The van der Waals surface area contributed by atoms with Crippen LogP contribution in [0.4, 0.5) is 10.5 Å². The fraction of sp³-hybridized carbons (Fsp3) is 0.357. The van der Waals surface area contributed by atoms with Gasteiger partial charge < -0.3 is 15.0 Å². The first-order chi connectivity index (χ1) is 17.1. The van der Waals surface area contributed by atoms with Crippen molar-refractivity contribution < 1.29 is 18.5 Å². The maximum absolute atomic E-state index is 13.3. The number of amides is 2. The molecule has 0 aromatic heterocycles. The van der Waals surface area contributed by atoms with Crippen molar-refractivity contribution in [2.45, 2.75) is 57.1 Å². The van der Waals surface area contributed by atoms with Gasteiger partial charge in [-0.3, -0.25) is 4.79 Å². The summed E-state index contributed by atoms with van der Waals surface area (Å²) in [4.78, 5) is 27.6. The molecule has 0 aliphatic carbocycles. The number of rotatable bonds is 5.